The lowest BCUT2D eigenvalue weighted by molar-refractivity contribution is -0.147. The minimum Gasteiger partial charge on any atom is -0.327 e. The van der Waals surface area contributed by atoms with Crippen molar-refractivity contribution in [3.63, 3.8) is 0 Å². The van der Waals surface area contributed by atoms with Crippen molar-refractivity contribution in [3.05, 3.63) is 88.1 Å². The lowest BCUT2D eigenvalue weighted by Gasteiger charge is -2.33. The number of carbonyl (C=O) groups is 1. The first kappa shape index (κ1) is 22.6. The van der Waals surface area contributed by atoms with Crippen LogP contribution in [0.15, 0.2) is 65.5 Å². The van der Waals surface area contributed by atoms with Gasteiger partial charge in [-0.2, -0.15) is 13.2 Å². The van der Waals surface area contributed by atoms with Crippen LogP contribution in [-0.4, -0.2) is 38.4 Å². The summed E-state index contributed by atoms with van der Waals surface area (Å²) < 4.78 is 40.7. The van der Waals surface area contributed by atoms with E-state index in [9.17, 15) is 22.8 Å². The molecule has 1 aromatic heterocycles. The molecule has 10 heteroatoms. The van der Waals surface area contributed by atoms with Crippen LogP contribution in [0.2, 0.25) is 0 Å². The lowest BCUT2D eigenvalue weighted by atomic mass is 9.99. The zero-order chi connectivity index (χ0) is 23.6. The van der Waals surface area contributed by atoms with Gasteiger partial charge >= 0.3 is 17.9 Å². The number of carbonyl (C=O) groups excluding carboxylic acids is 1. The van der Waals surface area contributed by atoms with Crippen LogP contribution < -0.4 is 11.0 Å². The molecule has 7 nitrogen and oxygen atoms in total. The van der Waals surface area contributed by atoms with Crippen LogP contribution in [0.5, 0.6) is 0 Å². The standard InChI is InChI=1S/C23H24F3N5O2/c1-29-20(23(24,25)26)28-31(22(29)33)18-12-14-30(15-13-18)21(32)27-19(16-8-4-2-5-9-16)17-10-6-3-7-11-17/h2-11,18-19H,12-15H2,1H3,(H,27,32). The van der Waals surface area contributed by atoms with Gasteiger partial charge in [0.05, 0.1) is 12.1 Å². The van der Waals surface area contributed by atoms with Gasteiger partial charge in [-0.3, -0.25) is 4.57 Å². The Hall–Kier alpha value is -3.56. The second-order valence-corrected chi connectivity index (χ2v) is 8.03. The molecule has 2 amide bonds. The van der Waals surface area contributed by atoms with Crippen LogP contribution in [0.25, 0.3) is 0 Å². The van der Waals surface area contributed by atoms with Gasteiger partial charge in [0.15, 0.2) is 0 Å². The van der Waals surface area contributed by atoms with Gasteiger partial charge < -0.3 is 10.2 Å². The van der Waals surface area contributed by atoms with Gasteiger partial charge in [-0.25, -0.2) is 14.3 Å². The second kappa shape index (κ2) is 9.13. The number of piperidine rings is 1. The number of alkyl halides is 3. The van der Waals surface area contributed by atoms with Crippen LogP contribution in [0.4, 0.5) is 18.0 Å². The molecule has 33 heavy (non-hydrogen) atoms. The Morgan fingerprint density at radius 1 is 1.00 bits per heavy atom. The Bertz CT molecular complexity index is 1110. The third-order valence-electron chi connectivity index (χ3n) is 5.89. The number of aromatic nitrogens is 3. The molecule has 0 saturated carbocycles. The maximum Gasteiger partial charge on any atom is 0.451 e. The molecule has 174 valence electrons. The number of hydrogen-bond donors (Lipinski definition) is 1. The summed E-state index contributed by atoms with van der Waals surface area (Å²) in [6, 6.07) is 18.1. The largest absolute Gasteiger partial charge is 0.451 e. The molecule has 0 aliphatic carbocycles. The molecule has 2 heterocycles. The zero-order valence-corrected chi connectivity index (χ0v) is 18.0. The van der Waals surface area contributed by atoms with Crippen molar-refractivity contribution in [2.45, 2.75) is 31.1 Å². The van der Waals surface area contributed by atoms with Crippen molar-refractivity contribution in [1.82, 2.24) is 24.6 Å². The molecule has 1 fully saturated rings. The summed E-state index contributed by atoms with van der Waals surface area (Å²) in [5.41, 5.74) is 1.07. The third kappa shape index (κ3) is 4.79. The summed E-state index contributed by atoms with van der Waals surface area (Å²) in [6.07, 6.45) is -4.03. The molecule has 1 aliphatic heterocycles. The average Bonchev–Trinajstić information content (AvgIpc) is 3.13. The van der Waals surface area contributed by atoms with E-state index in [1.165, 1.54) is 0 Å². The van der Waals surface area contributed by atoms with Crippen LogP contribution in [0, 0.1) is 0 Å². The van der Waals surface area contributed by atoms with Crippen molar-refractivity contribution < 1.29 is 18.0 Å². The number of nitrogens with one attached hydrogen (secondary N) is 1. The van der Waals surface area contributed by atoms with Crippen LogP contribution in [-0.2, 0) is 13.2 Å². The number of nitrogens with zero attached hydrogens (tertiary/aromatic N) is 4. The molecular weight excluding hydrogens is 435 g/mol. The molecule has 0 radical (unpaired) electrons. The number of urea groups is 1. The molecule has 1 aliphatic rings. The van der Waals surface area contributed by atoms with Gasteiger partial charge in [0.25, 0.3) is 0 Å². The fourth-order valence-corrected chi connectivity index (χ4v) is 4.12. The minimum atomic E-state index is -4.70. The quantitative estimate of drug-likeness (QED) is 0.646. The highest BCUT2D eigenvalue weighted by molar-refractivity contribution is 5.75. The molecule has 3 aromatic rings. The van der Waals surface area contributed by atoms with Gasteiger partial charge in [-0.05, 0) is 24.0 Å². The number of likely N-dealkylation sites (tertiary alicyclic amines) is 1. The molecular formula is C23H24F3N5O2. The average molecular weight is 459 g/mol. The Kier molecular flexibility index (Phi) is 6.26. The molecule has 0 spiro atoms. The van der Waals surface area contributed by atoms with E-state index < -0.39 is 23.7 Å². The highest BCUT2D eigenvalue weighted by atomic mass is 19.4. The normalized spacial score (nSPS) is 15.1. The molecule has 0 unspecified atom stereocenters. The maximum atomic E-state index is 13.1. The summed E-state index contributed by atoms with van der Waals surface area (Å²) in [5.74, 6) is -1.22. The maximum absolute atomic E-state index is 13.1. The highest BCUT2D eigenvalue weighted by Crippen LogP contribution is 2.28. The Labute approximate surface area is 188 Å². The minimum absolute atomic E-state index is 0.268. The van der Waals surface area contributed by atoms with E-state index in [1.807, 2.05) is 60.7 Å². The number of benzene rings is 2. The Morgan fingerprint density at radius 3 is 1.97 bits per heavy atom. The fraction of sp³-hybridized carbons (Fsp3) is 0.348. The molecule has 1 N–H and O–H groups in total. The lowest BCUT2D eigenvalue weighted by Crippen LogP contribution is -2.46. The van der Waals surface area contributed by atoms with E-state index in [-0.39, 0.29) is 12.1 Å². The summed E-state index contributed by atoms with van der Waals surface area (Å²) in [4.78, 5) is 26.9. The summed E-state index contributed by atoms with van der Waals surface area (Å²) in [6.45, 7) is 0.605. The number of amides is 2. The first-order valence-corrected chi connectivity index (χ1v) is 10.6. The van der Waals surface area contributed by atoms with E-state index >= 15 is 0 Å². The van der Waals surface area contributed by atoms with Crippen molar-refractivity contribution in [1.29, 1.82) is 0 Å². The Balaban J connectivity index is 1.46. The van der Waals surface area contributed by atoms with Gasteiger partial charge in [-0.1, -0.05) is 60.7 Å². The van der Waals surface area contributed by atoms with Gasteiger partial charge in [-0.15, -0.1) is 5.10 Å². The molecule has 0 bridgehead atoms. The van der Waals surface area contributed by atoms with Crippen LogP contribution in [0.3, 0.4) is 0 Å². The van der Waals surface area contributed by atoms with E-state index in [0.717, 1.165) is 22.9 Å². The van der Waals surface area contributed by atoms with Crippen LogP contribution in [0.1, 0.15) is 41.9 Å². The van der Waals surface area contributed by atoms with Gasteiger partial charge in [0, 0.05) is 20.1 Å². The number of hydrogen-bond acceptors (Lipinski definition) is 3. The molecule has 0 atom stereocenters. The highest BCUT2D eigenvalue weighted by Gasteiger charge is 2.39. The first-order chi connectivity index (χ1) is 15.8. The Morgan fingerprint density at radius 2 is 1.52 bits per heavy atom. The molecule has 1 saturated heterocycles. The SMILES string of the molecule is Cn1c(C(F)(F)F)nn(C2CCN(C(=O)NC(c3ccccc3)c3ccccc3)CC2)c1=O. The zero-order valence-electron chi connectivity index (χ0n) is 18.0. The summed E-state index contributed by atoms with van der Waals surface area (Å²) >= 11 is 0. The summed E-state index contributed by atoms with van der Waals surface area (Å²) in [7, 11) is 1.06. The van der Waals surface area contributed by atoms with E-state index in [2.05, 4.69) is 10.4 Å². The van der Waals surface area contributed by atoms with E-state index in [1.54, 1.807) is 4.90 Å². The third-order valence-corrected chi connectivity index (χ3v) is 5.89. The predicted molar refractivity (Wildman–Crippen MR) is 116 cm³/mol. The second-order valence-electron chi connectivity index (χ2n) is 8.03. The predicted octanol–water partition coefficient (Wildman–Crippen LogP) is 3.74. The first-order valence-electron chi connectivity index (χ1n) is 10.6. The van der Waals surface area contributed by atoms with E-state index in [0.29, 0.717) is 30.5 Å². The van der Waals surface area contributed by atoms with Gasteiger partial charge in [0.1, 0.15) is 0 Å². The van der Waals surface area contributed by atoms with E-state index in [4.69, 9.17) is 0 Å². The van der Waals surface area contributed by atoms with Crippen molar-refractivity contribution >= 4 is 6.03 Å². The fourth-order valence-electron chi connectivity index (χ4n) is 4.12. The molecule has 4 rings (SSSR count). The van der Waals surface area contributed by atoms with Crippen molar-refractivity contribution in [2.24, 2.45) is 7.05 Å². The number of halogens is 3. The number of rotatable bonds is 4. The van der Waals surface area contributed by atoms with Crippen molar-refractivity contribution in [2.75, 3.05) is 13.1 Å². The van der Waals surface area contributed by atoms with Gasteiger partial charge in [0.2, 0.25) is 5.82 Å². The monoisotopic (exact) mass is 459 g/mol. The molecule has 2 aromatic carbocycles. The summed E-state index contributed by atoms with van der Waals surface area (Å²) in [5, 5.41) is 6.59. The topological polar surface area (TPSA) is 72.2 Å². The smallest absolute Gasteiger partial charge is 0.327 e. The van der Waals surface area contributed by atoms with Crippen molar-refractivity contribution in [3.8, 4) is 0 Å². The van der Waals surface area contributed by atoms with Crippen LogP contribution >= 0.6 is 0 Å².